The van der Waals surface area contributed by atoms with Crippen LogP contribution in [0.1, 0.15) is 49.8 Å². The molecule has 0 radical (unpaired) electrons. The molecule has 2 N–H and O–H groups in total. The number of hydrogen-bond acceptors (Lipinski definition) is 4. The predicted molar refractivity (Wildman–Crippen MR) is 84.4 cm³/mol. The highest BCUT2D eigenvalue weighted by Crippen LogP contribution is 2.32. The van der Waals surface area contributed by atoms with Gasteiger partial charge in [-0.3, -0.25) is 0 Å². The van der Waals surface area contributed by atoms with Gasteiger partial charge >= 0.3 is 0 Å². The Morgan fingerprint density at radius 3 is 2.40 bits per heavy atom. The molecule has 20 heavy (non-hydrogen) atoms. The molecule has 0 aliphatic heterocycles. The summed E-state index contributed by atoms with van der Waals surface area (Å²) in [5.41, 5.74) is 0. The average molecular weight is 382 g/mol. The predicted octanol–water partition coefficient (Wildman–Crippen LogP) is 3.39. The molecule has 114 valence electrons. The fourth-order valence-corrected chi connectivity index (χ4v) is 6.36. The van der Waals surface area contributed by atoms with Gasteiger partial charge in [0.2, 0.25) is 10.0 Å². The first-order chi connectivity index (χ1) is 9.53. The lowest BCUT2D eigenvalue weighted by atomic mass is 9.97. The van der Waals surface area contributed by atoms with Crippen molar-refractivity contribution < 1.29 is 13.5 Å². The number of thiophene rings is 1. The molecule has 7 heteroatoms. The number of nitrogens with one attached hydrogen (secondary N) is 1. The second-order valence-corrected chi connectivity index (χ2v) is 9.31. The van der Waals surface area contributed by atoms with Crippen LogP contribution in [0, 0.1) is 0 Å². The molecular formula is C13H20BrNO3S2. The van der Waals surface area contributed by atoms with E-state index in [2.05, 4.69) is 20.7 Å². The minimum Gasteiger partial charge on any atom is -0.391 e. The van der Waals surface area contributed by atoms with Gasteiger partial charge in [-0.1, -0.05) is 32.1 Å². The van der Waals surface area contributed by atoms with Crippen molar-refractivity contribution in [2.24, 2.45) is 0 Å². The van der Waals surface area contributed by atoms with E-state index in [-0.39, 0.29) is 17.5 Å². The van der Waals surface area contributed by atoms with E-state index in [0.717, 1.165) is 25.7 Å². The van der Waals surface area contributed by atoms with Crippen LogP contribution in [0.4, 0.5) is 0 Å². The molecule has 2 rings (SSSR count). The zero-order chi connectivity index (χ0) is 14.6. The summed E-state index contributed by atoms with van der Waals surface area (Å²) in [4.78, 5) is 0.892. The monoisotopic (exact) mass is 381 g/mol. The van der Waals surface area contributed by atoms with Gasteiger partial charge in [0.1, 0.15) is 4.90 Å². The Labute approximate surface area is 132 Å². The molecule has 0 amide bonds. The zero-order valence-electron chi connectivity index (χ0n) is 11.3. The molecule has 1 saturated carbocycles. The van der Waals surface area contributed by atoms with Crippen LogP contribution < -0.4 is 4.72 Å². The van der Waals surface area contributed by atoms with E-state index >= 15 is 0 Å². The van der Waals surface area contributed by atoms with Gasteiger partial charge in [0.05, 0.1) is 10.4 Å². The Bertz CT molecular complexity index is 534. The van der Waals surface area contributed by atoms with Gasteiger partial charge in [0.15, 0.2) is 0 Å². The van der Waals surface area contributed by atoms with E-state index in [0.29, 0.717) is 8.66 Å². The molecule has 0 saturated heterocycles. The number of aliphatic hydroxyl groups is 1. The smallest absolute Gasteiger partial charge is 0.242 e. The minimum atomic E-state index is -3.51. The zero-order valence-corrected chi connectivity index (χ0v) is 14.5. The summed E-state index contributed by atoms with van der Waals surface area (Å²) < 4.78 is 28.2. The van der Waals surface area contributed by atoms with Gasteiger partial charge in [-0.05, 0) is 34.8 Å². The van der Waals surface area contributed by atoms with Crippen molar-refractivity contribution in [2.75, 3.05) is 0 Å². The van der Waals surface area contributed by atoms with Crippen LogP contribution in [0.5, 0.6) is 0 Å². The molecular weight excluding hydrogens is 362 g/mol. The minimum absolute atomic E-state index is 0.0321. The number of halogens is 1. The van der Waals surface area contributed by atoms with Gasteiger partial charge in [-0.2, -0.15) is 0 Å². The van der Waals surface area contributed by atoms with E-state index in [1.165, 1.54) is 30.6 Å². The quantitative estimate of drug-likeness (QED) is 0.839. The number of sulfonamides is 1. The Kier molecular flexibility index (Phi) is 6.04. The first-order valence-electron chi connectivity index (χ1n) is 6.94. The largest absolute Gasteiger partial charge is 0.391 e. The van der Waals surface area contributed by atoms with Gasteiger partial charge in [0, 0.05) is 10.9 Å². The Morgan fingerprint density at radius 2 is 1.85 bits per heavy atom. The number of aliphatic hydroxyl groups excluding tert-OH is 1. The highest BCUT2D eigenvalue weighted by Gasteiger charge is 2.24. The topological polar surface area (TPSA) is 66.4 Å². The lowest BCUT2D eigenvalue weighted by Crippen LogP contribution is -2.35. The van der Waals surface area contributed by atoms with Gasteiger partial charge in [-0.25, -0.2) is 13.1 Å². The summed E-state index contributed by atoms with van der Waals surface area (Å²) in [7, 11) is -3.51. The molecule has 1 aromatic rings. The van der Waals surface area contributed by atoms with Crippen LogP contribution in [-0.2, 0) is 16.6 Å². The van der Waals surface area contributed by atoms with Crippen molar-refractivity contribution in [2.45, 2.75) is 62.5 Å². The van der Waals surface area contributed by atoms with Crippen LogP contribution in [-0.4, -0.2) is 19.6 Å². The maximum absolute atomic E-state index is 12.4. The van der Waals surface area contributed by atoms with E-state index in [1.807, 2.05) is 0 Å². The lowest BCUT2D eigenvalue weighted by molar-refractivity contribution is 0.285. The van der Waals surface area contributed by atoms with Crippen molar-refractivity contribution in [3.8, 4) is 0 Å². The molecule has 0 bridgehead atoms. The van der Waals surface area contributed by atoms with Crippen molar-refractivity contribution in [1.29, 1.82) is 0 Å². The van der Waals surface area contributed by atoms with Gasteiger partial charge in [-0.15, -0.1) is 11.3 Å². The summed E-state index contributed by atoms with van der Waals surface area (Å²) in [6, 6.07) is 1.57. The lowest BCUT2D eigenvalue weighted by Gasteiger charge is -2.20. The molecule has 0 spiro atoms. The first kappa shape index (κ1) is 16.4. The molecule has 1 aliphatic rings. The molecule has 1 aromatic heterocycles. The Morgan fingerprint density at radius 1 is 1.25 bits per heavy atom. The van der Waals surface area contributed by atoms with Crippen LogP contribution >= 0.6 is 27.3 Å². The Hall–Kier alpha value is 0.0500. The summed E-state index contributed by atoms with van der Waals surface area (Å²) in [5, 5.41) is 9.11. The van der Waals surface area contributed by atoms with Crippen molar-refractivity contribution in [3.63, 3.8) is 0 Å². The van der Waals surface area contributed by atoms with Gasteiger partial charge < -0.3 is 5.11 Å². The fourth-order valence-electron chi connectivity index (χ4n) is 2.52. The second kappa shape index (κ2) is 7.35. The summed E-state index contributed by atoms with van der Waals surface area (Å²) >= 11 is 4.53. The summed E-state index contributed by atoms with van der Waals surface area (Å²) in [5.74, 6) is 0. The maximum Gasteiger partial charge on any atom is 0.242 e. The van der Waals surface area contributed by atoms with Crippen LogP contribution in [0.2, 0.25) is 0 Å². The summed E-state index contributed by atoms with van der Waals surface area (Å²) in [6.07, 6.45) is 7.63. The first-order valence-corrected chi connectivity index (χ1v) is 10.0. The van der Waals surface area contributed by atoms with Crippen LogP contribution in [0.15, 0.2) is 14.7 Å². The van der Waals surface area contributed by atoms with E-state index in [1.54, 1.807) is 6.07 Å². The Balaban J connectivity index is 2.10. The van der Waals surface area contributed by atoms with Gasteiger partial charge in [0.25, 0.3) is 0 Å². The highest BCUT2D eigenvalue weighted by atomic mass is 79.9. The van der Waals surface area contributed by atoms with E-state index in [9.17, 15) is 8.42 Å². The van der Waals surface area contributed by atoms with E-state index < -0.39 is 10.0 Å². The van der Waals surface area contributed by atoms with E-state index in [4.69, 9.17) is 5.11 Å². The molecule has 1 aliphatic carbocycles. The maximum atomic E-state index is 12.4. The summed E-state index contributed by atoms with van der Waals surface area (Å²) in [6.45, 7) is -0.137. The number of hydrogen-bond donors (Lipinski definition) is 2. The van der Waals surface area contributed by atoms with Crippen LogP contribution in [0.3, 0.4) is 0 Å². The third-order valence-electron chi connectivity index (χ3n) is 3.58. The third-order valence-corrected chi connectivity index (χ3v) is 7.34. The van der Waals surface area contributed by atoms with Crippen molar-refractivity contribution >= 4 is 37.3 Å². The molecule has 4 nitrogen and oxygen atoms in total. The average Bonchev–Trinajstić information content (AvgIpc) is 2.75. The number of rotatable bonds is 4. The molecule has 0 aromatic carbocycles. The van der Waals surface area contributed by atoms with Crippen molar-refractivity contribution in [3.05, 3.63) is 14.7 Å². The highest BCUT2D eigenvalue weighted by molar-refractivity contribution is 9.11. The third kappa shape index (κ3) is 4.27. The van der Waals surface area contributed by atoms with Crippen molar-refractivity contribution in [1.82, 2.24) is 4.72 Å². The molecule has 0 atom stereocenters. The SMILES string of the molecule is O=S(=O)(NC1CCCCCCC1)c1cc(CO)sc1Br. The second-order valence-electron chi connectivity index (χ2n) is 5.17. The fraction of sp³-hybridized carbons (Fsp3) is 0.692. The standard InChI is InChI=1S/C13H20BrNO3S2/c14-13-12(8-11(9-16)19-13)20(17,18)15-10-6-4-2-1-3-5-7-10/h8,10,15-16H,1-7,9H2. The molecule has 1 fully saturated rings. The normalized spacial score (nSPS) is 18.7. The van der Waals surface area contributed by atoms with Crippen LogP contribution in [0.25, 0.3) is 0 Å². The molecule has 1 heterocycles. The molecule has 0 unspecified atom stereocenters.